The molecule has 1 rings (SSSR count). The molecule has 0 saturated heterocycles. The summed E-state index contributed by atoms with van der Waals surface area (Å²) in [4.78, 5) is 0. The van der Waals surface area contributed by atoms with E-state index < -0.39 is 22.2 Å². The van der Waals surface area contributed by atoms with E-state index in [-0.39, 0.29) is 15.5 Å². The number of hydrogen-bond acceptors (Lipinski definition) is 4. The van der Waals surface area contributed by atoms with Gasteiger partial charge in [0.2, 0.25) is 10.0 Å². The van der Waals surface area contributed by atoms with Gasteiger partial charge in [0.25, 0.3) is 0 Å². The average Bonchev–Trinajstić information content (AvgIpc) is 2.91. The van der Waals surface area contributed by atoms with Crippen LogP contribution >= 0.6 is 34.5 Å². The highest BCUT2D eigenvalue weighted by atomic mass is 35.5. The van der Waals surface area contributed by atoms with E-state index in [9.17, 15) is 13.5 Å². The van der Waals surface area contributed by atoms with Crippen LogP contribution in [0.15, 0.2) is 16.3 Å². The fourth-order valence-corrected chi connectivity index (χ4v) is 5.33. The van der Waals surface area contributed by atoms with Gasteiger partial charge in [0.05, 0.1) is 16.5 Å². The van der Waals surface area contributed by atoms with E-state index in [0.717, 1.165) is 30.6 Å². The van der Waals surface area contributed by atoms with Crippen LogP contribution in [0.2, 0.25) is 4.34 Å². The number of aliphatic hydroxyl groups excluding tert-OH is 1. The molecule has 0 aliphatic rings. The Labute approximate surface area is 153 Å². The Bertz CT molecular complexity index is 575. The van der Waals surface area contributed by atoms with Crippen molar-refractivity contribution < 1.29 is 13.5 Å². The van der Waals surface area contributed by atoms with Crippen LogP contribution in [0.1, 0.15) is 46.5 Å². The molecule has 0 radical (unpaired) electrons. The molecule has 0 fully saturated rings. The summed E-state index contributed by atoms with van der Waals surface area (Å²) in [6.45, 7) is 5.81. The molecule has 0 bridgehead atoms. The van der Waals surface area contributed by atoms with Crippen molar-refractivity contribution in [1.29, 1.82) is 0 Å². The van der Waals surface area contributed by atoms with E-state index in [1.165, 1.54) is 6.07 Å². The lowest BCUT2D eigenvalue weighted by Crippen LogP contribution is -2.47. The number of aliphatic hydroxyl groups is 1. The zero-order valence-corrected chi connectivity index (χ0v) is 16.8. The molecule has 2 N–H and O–H groups in total. The minimum absolute atomic E-state index is 0.0173. The summed E-state index contributed by atoms with van der Waals surface area (Å²) in [5.74, 6) is 0.0173. The second-order valence-corrected chi connectivity index (χ2v) is 10.3. The molecule has 8 heteroatoms. The first-order chi connectivity index (χ1) is 10.7. The Morgan fingerprint density at radius 1 is 1.30 bits per heavy atom. The van der Waals surface area contributed by atoms with Gasteiger partial charge in [-0.25, -0.2) is 13.1 Å². The average molecular weight is 402 g/mol. The van der Waals surface area contributed by atoms with Gasteiger partial charge >= 0.3 is 0 Å². The van der Waals surface area contributed by atoms with Crippen molar-refractivity contribution in [3.05, 3.63) is 16.5 Å². The number of thiophene rings is 1. The van der Waals surface area contributed by atoms with Crippen LogP contribution in [0.3, 0.4) is 0 Å². The topological polar surface area (TPSA) is 66.4 Å². The lowest BCUT2D eigenvalue weighted by Gasteiger charge is -2.28. The highest BCUT2D eigenvalue weighted by Gasteiger charge is 2.30. The molecule has 23 heavy (non-hydrogen) atoms. The molecule has 0 spiro atoms. The Hall–Kier alpha value is 0.150. The van der Waals surface area contributed by atoms with E-state index in [1.807, 2.05) is 20.8 Å². The van der Waals surface area contributed by atoms with Crippen LogP contribution in [0.4, 0.5) is 0 Å². The van der Waals surface area contributed by atoms with Gasteiger partial charge < -0.3 is 5.11 Å². The third-order valence-electron chi connectivity index (χ3n) is 3.88. The summed E-state index contributed by atoms with van der Waals surface area (Å²) in [6, 6.07) is 2.50. The van der Waals surface area contributed by atoms with Crippen molar-refractivity contribution in [3.63, 3.8) is 0 Å². The Kier molecular flexibility index (Phi) is 8.83. The van der Waals surface area contributed by atoms with E-state index in [4.69, 9.17) is 23.2 Å². The molecule has 134 valence electrons. The maximum Gasteiger partial charge on any atom is 0.250 e. The third-order valence-corrected chi connectivity index (χ3v) is 7.28. The SMILES string of the molecule is CC[C@H](C)[C@H](NS(=O)(=O)c1ccc(Cl)s1)C(O)CCCC(C)Cl. The molecule has 0 amide bonds. The fraction of sp³-hybridized carbons (Fsp3) is 0.733. The minimum Gasteiger partial charge on any atom is -0.391 e. The summed E-state index contributed by atoms with van der Waals surface area (Å²) in [5.41, 5.74) is 0. The van der Waals surface area contributed by atoms with Gasteiger partial charge in [0.15, 0.2) is 0 Å². The normalized spacial score (nSPS) is 17.7. The molecule has 1 aromatic heterocycles. The molecule has 1 aromatic rings. The van der Waals surface area contributed by atoms with Gasteiger partial charge in [-0.3, -0.25) is 0 Å². The van der Waals surface area contributed by atoms with Crippen molar-refractivity contribution in [2.75, 3.05) is 0 Å². The van der Waals surface area contributed by atoms with Gasteiger partial charge in [-0.15, -0.1) is 22.9 Å². The summed E-state index contributed by atoms with van der Waals surface area (Å²) in [5, 5.41) is 10.5. The highest BCUT2D eigenvalue weighted by molar-refractivity contribution is 7.91. The molecule has 1 heterocycles. The molecular formula is C15H25Cl2NO3S2. The number of nitrogens with one attached hydrogen (secondary N) is 1. The maximum atomic E-state index is 12.5. The quantitative estimate of drug-likeness (QED) is 0.575. The van der Waals surface area contributed by atoms with Gasteiger partial charge in [-0.05, 0) is 44.2 Å². The van der Waals surface area contributed by atoms with Crippen LogP contribution in [0, 0.1) is 5.92 Å². The minimum atomic E-state index is -3.68. The Morgan fingerprint density at radius 2 is 1.96 bits per heavy atom. The lowest BCUT2D eigenvalue weighted by molar-refractivity contribution is 0.100. The van der Waals surface area contributed by atoms with Crippen LogP contribution in [-0.2, 0) is 10.0 Å². The highest BCUT2D eigenvalue weighted by Crippen LogP contribution is 2.27. The largest absolute Gasteiger partial charge is 0.391 e. The van der Waals surface area contributed by atoms with Crippen molar-refractivity contribution >= 4 is 44.6 Å². The first kappa shape index (κ1) is 21.2. The molecule has 0 aliphatic heterocycles. The summed E-state index contributed by atoms with van der Waals surface area (Å²) >= 11 is 12.7. The molecule has 4 nitrogen and oxygen atoms in total. The van der Waals surface area contributed by atoms with E-state index >= 15 is 0 Å². The third kappa shape index (κ3) is 6.88. The first-order valence-corrected chi connectivity index (χ1v) is 10.9. The van der Waals surface area contributed by atoms with Gasteiger partial charge in [-0.1, -0.05) is 31.9 Å². The fourth-order valence-electron chi connectivity index (χ4n) is 2.30. The zero-order valence-electron chi connectivity index (χ0n) is 13.6. The number of sulfonamides is 1. The van der Waals surface area contributed by atoms with Crippen molar-refractivity contribution in [2.24, 2.45) is 5.92 Å². The molecule has 0 aliphatic carbocycles. The number of rotatable bonds is 10. The van der Waals surface area contributed by atoms with Crippen LogP contribution in [0.5, 0.6) is 0 Å². The monoisotopic (exact) mass is 401 g/mol. The standard InChI is InChI=1S/C15H25Cl2NO3S2/c1-4-10(2)15(12(19)7-5-6-11(3)16)18-23(20,21)14-9-8-13(17)22-14/h8-12,15,18-19H,4-7H2,1-3H3/t10-,11?,12?,15-/m0/s1. The predicted molar refractivity (Wildman–Crippen MR) is 98.1 cm³/mol. The zero-order chi connectivity index (χ0) is 17.6. The molecule has 2 unspecified atom stereocenters. The van der Waals surface area contributed by atoms with Crippen LogP contribution in [-0.4, -0.2) is 31.0 Å². The van der Waals surface area contributed by atoms with Crippen LogP contribution in [0.25, 0.3) is 0 Å². The second-order valence-electron chi connectivity index (χ2n) is 5.87. The first-order valence-electron chi connectivity index (χ1n) is 7.77. The second kappa shape index (κ2) is 9.59. The summed E-state index contributed by atoms with van der Waals surface area (Å²) in [7, 11) is -3.68. The summed E-state index contributed by atoms with van der Waals surface area (Å²) < 4.78 is 28.2. The molecule has 4 atom stereocenters. The van der Waals surface area contributed by atoms with Gasteiger partial charge in [0, 0.05) is 5.38 Å². The van der Waals surface area contributed by atoms with E-state index in [2.05, 4.69) is 4.72 Å². The molecular weight excluding hydrogens is 377 g/mol. The molecule has 0 aromatic carbocycles. The lowest BCUT2D eigenvalue weighted by atomic mass is 9.92. The summed E-state index contributed by atoms with van der Waals surface area (Å²) in [6.07, 6.45) is 2.08. The van der Waals surface area contributed by atoms with E-state index in [1.54, 1.807) is 6.07 Å². The molecule has 0 saturated carbocycles. The number of hydrogen-bond donors (Lipinski definition) is 2. The van der Waals surface area contributed by atoms with Crippen molar-refractivity contribution in [1.82, 2.24) is 4.72 Å². The van der Waals surface area contributed by atoms with E-state index in [0.29, 0.717) is 10.8 Å². The van der Waals surface area contributed by atoms with Crippen LogP contribution < -0.4 is 4.72 Å². The van der Waals surface area contributed by atoms with Crippen molar-refractivity contribution in [3.8, 4) is 0 Å². The van der Waals surface area contributed by atoms with Gasteiger partial charge in [-0.2, -0.15) is 0 Å². The smallest absolute Gasteiger partial charge is 0.250 e. The Balaban J connectivity index is 2.81. The van der Waals surface area contributed by atoms with Crippen molar-refractivity contribution in [2.45, 2.75) is 68.2 Å². The Morgan fingerprint density at radius 3 is 2.43 bits per heavy atom. The maximum absolute atomic E-state index is 12.5. The predicted octanol–water partition coefficient (Wildman–Crippen LogP) is 4.25. The number of alkyl halides is 1. The number of halogens is 2. The van der Waals surface area contributed by atoms with Gasteiger partial charge in [0.1, 0.15) is 4.21 Å².